The lowest BCUT2D eigenvalue weighted by Crippen LogP contribution is -2.29. The number of rotatable bonds is 5. The quantitative estimate of drug-likeness (QED) is 0.310. The van der Waals surface area contributed by atoms with Gasteiger partial charge in [-0.2, -0.15) is 5.10 Å². The molecule has 0 radical (unpaired) electrons. The zero-order valence-electron chi connectivity index (χ0n) is 20.7. The second-order valence-electron chi connectivity index (χ2n) is 9.75. The van der Waals surface area contributed by atoms with Crippen molar-refractivity contribution >= 4 is 22.1 Å². The first-order valence-corrected chi connectivity index (χ1v) is 12.8. The van der Waals surface area contributed by atoms with E-state index in [1.54, 1.807) is 24.8 Å². The van der Waals surface area contributed by atoms with Gasteiger partial charge in [0, 0.05) is 71.2 Å². The lowest BCUT2D eigenvalue weighted by molar-refractivity contribution is 0.220. The molecule has 9 heteroatoms. The number of piperidine rings is 1. The van der Waals surface area contributed by atoms with Gasteiger partial charge in [0.25, 0.3) is 0 Å². The number of hydrogen-bond donors (Lipinski definition) is 2. The SMILES string of the molecule is Fc1cc2[nH]nc(-c3nc4c(-c5cccnc5)ccnc4[nH]3)c2cc1-c1cncc(CN2CCCCC2)c1. The van der Waals surface area contributed by atoms with Gasteiger partial charge in [-0.3, -0.25) is 20.0 Å². The van der Waals surface area contributed by atoms with Crippen LogP contribution >= 0.6 is 0 Å². The molecule has 1 aliphatic rings. The summed E-state index contributed by atoms with van der Waals surface area (Å²) in [7, 11) is 0. The van der Waals surface area contributed by atoms with Gasteiger partial charge in [-0.05, 0) is 55.8 Å². The van der Waals surface area contributed by atoms with Gasteiger partial charge in [-0.15, -0.1) is 0 Å². The minimum Gasteiger partial charge on any atom is -0.321 e. The standard InChI is InChI=1S/C29H25FN8/c30-24-13-25-23(12-22(24)20-11-18(14-32-16-20)17-38-9-2-1-3-10-38)27(37-36-25)29-34-26-21(6-8-33-28(26)35-29)19-5-4-7-31-15-19/h4-8,11-16H,1-3,9-10,17H2,(H,36,37)(H,33,34,35). The Kier molecular flexibility index (Phi) is 5.62. The number of aromatic amines is 2. The number of H-pyrrole nitrogens is 2. The number of benzene rings is 1. The van der Waals surface area contributed by atoms with Crippen LogP contribution in [0, 0.1) is 5.82 Å². The summed E-state index contributed by atoms with van der Waals surface area (Å²) < 4.78 is 15.3. The molecule has 2 N–H and O–H groups in total. The predicted molar refractivity (Wildman–Crippen MR) is 145 cm³/mol. The Morgan fingerprint density at radius 1 is 0.895 bits per heavy atom. The molecule has 0 amide bonds. The molecule has 188 valence electrons. The molecule has 1 aliphatic heterocycles. The molecule has 5 aromatic heterocycles. The van der Waals surface area contributed by atoms with Gasteiger partial charge >= 0.3 is 0 Å². The zero-order chi connectivity index (χ0) is 25.5. The molecular weight excluding hydrogens is 479 g/mol. The summed E-state index contributed by atoms with van der Waals surface area (Å²) in [4.78, 5) is 23.7. The first kappa shape index (κ1) is 22.7. The fourth-order valence-corrected chi connectivity index (χ4v) is 5.31. The van der Waals surface area contributed by atoms with Crippen molar-refractivity contribution in [2.24, 2.45) is 0 Å². The Morgan fingerprint density at radius 2 is 1.79 bits per heavy atom. The maximum absolute atomic E-state index is 15.3. The van der Waals surface area contributed by atoms with E-state index in [0.717, 1.165) is 52.8 Å². The van der Waals surface area contributed by atoms with Crippen LogP contribution in [-0.4, -0.2) is 53.1 Å². The van der Waals surface area contributed by atoms with Crippen molar-refractivity contribution in [3.8, 4) is 33.8 Å². The zero-order valence-corrected chi connectivity index (χ0v) is 20.7. The second kappa shape index (κ2) is 9.42. The Morgan fingerprint density at radius 3 is 2.66 bits per heavy atom. The monoisotopic (exact) mass is 504 g/mol. The van der Waals surface area contributed by atoms with Crippen molar-refractivity contribution < 1.29 is 4.39 Å². The topological polar surface area (TPSA) is 99.3 Å². The molecule has 6 heterocycles. The summed E-state index contributed by atoms with van der Waals surface area (Å²) in [5.41, 5.74) is 6.77. The van der Waals surface area contributed by atoms with E-state index < -0.39 is 0 Å². The van der Waals surface area contributed by atoms with Gasteiger partial charge in [0.05, 0.1) is 5.52 Å². The molecule has 6 aromatic rings. The van der Waals surface area contributed by atoms with Crippen LogP contribution in [0.25, 0.3) is 55.8 Å². The van der Waals surface area contributed by atoms with Crippen molar-refractivity contribution in [1.82, 2.24) is 40.0 Å². The van der Waals surface area contributed by atoms with E-state index in [2.05, 4.69) is 35.0 Å². The molecule has 1 saturated heterocycles. The molecule has 1 aromatic carbocycles. The highest BCUT2D eigenvalue weighted by molar-refractivity contribution is 5.97. The van der Waals surface area contributed by atoms with E-state index in [1.807, 2.05) is 36.5 Å². The number of imidazole rings is 1. The third kappa shape index (κ3) is 4.10. The van der Waals surface area contributed by atoms with E-state index in [9.17, 15) is 0 Å². The van der Waals surface area contributed by atoms with E-state index in [4.69, 9.17) is 4.98 Å². The molecule has 0 aliphatic carbocycles. The number of nitrogens with zero attached hydrogens (tertiary/aromatic N) is 6. The molecule has 0 atom stereocenters. The molecule has 7 rings (SSSR count). The van der Waals surface area contributed by atoms with E-state index in [1.165, 1.54) is 25.3 Å². The van der Waals surface area contributed by atoms with E-state index >= 15 is 4.39 Å². The van der Waals surface area contributed by atoms with Crippen molar-refractivity contribution in [2.75, 3.05) is 13.1 Å². The fraction of sp³-hybridized carbons (Fsp3) is 0.207. The summed E-state index contributed by atoms with van der Waals surface area (Å²) in [6, 6.07) is 11.2. The fourth-order valence-electron chi connectivity index (χ4n) is 5.31. The van der Waals surface area contributed by atoms with E-state index in [0.29, 0.717) is 28.2 Å². The summed E-state index contributed by atoms with van der Waals surface area (Å²) >= 11 is 0. The van der Waals surface area contributed by atoms with Crippen molar-refractivity contribution in [3.05, 3.63) is 78.8 Å². The van der Waals surface area contributed by atoms with Gasteiger partial charge in [-0.25, -0.2) is 14.4 Å². The first-order chi connectivity index (χ1) is 18.7. The number of pyridine rings is 3. The van der Waals surface area contributed by atoms with Crippen molar-refractivity contribution in [2.45, 2.75) is 25.8 Å². The molecule has 38 heavy (non-hydrogen) atoms. The van der Waals surface area contributed by atoms with Gasteiger partial charge in [0.1, 0.15) is 17.0 Å². The molecule has 0 bridgehead atoms. The van der Waals surface area contributed by atoms with Crippen LogP contribution in [0.5, 0.6) is 0 Å². The minimum atomic E-state index is -0.324. The molecule has 0 saturated carbocycles. The van der Waals surface area contributed by atoms with Crippen LogP contribution in [-0.2, 0) is 6.54 Å². The Bertz CT molecular complexity index is 1750. The Hall–Kier alpha value is -4.50. The van der Waals surface area contributed by atoms with Crippen molar-refractivity contribution in [3.63, 3.8) is 0 Å². The summed E-state index contributed by atoms with van der Waals surface area (Å²) in [6.07, 6.45) is 12.6. The minimum absolute atomic E-state index is 0.324. The van der Waals surface area contributed by atoms with Crippen LogP contribution in [0.4, 0.5) is 4.39 Å². The summed E-state index contributed by atoms with van der Waals surface area (Å²) in [5, 5.41) is 8.21. The van der Waals surface area contributed by atoms with Gasteiger partial charge < -0.3 is 4.98 Å². The average molecular weight is 505 g/mol. The van der Waals surface area contributed by atoms with Crippen molar-refractivity contribution in [1.29, 1.82) is 0 Å². The maximum Gasteiger partial charge on any atom is 0.160 e. The van der Waals surface area contributed by atoms with Crippen LogP contribution in [0.3, 0.4) is 0 Å². The Balaban J connectivity index is 1.29. The highest BCUT2D eigenvalue weighted by atomic mass is 19.1. The number of likely N-dealkylation sites (tertiary alicyclic amines) is 1. The smallest absolute Gasteiger partial charge is 0.160 e. The molecule has 0 spiro atoms. The highest BCUT2D eigenvalue weighted by Gasteiger charge is 2.19. The number of aromatic nitrogens is 7. The summed E-state index contributed by atoms with van der Waals surface area (Å²) in [5.74, 6) is 0.236. The molecule has 1 fully saturated rings. The lowest BCUT2D eigenvalue weighted by atomic mass is 10.0. The van der Waals surface area contributed by atoms with Gasteiger partial charge in [-0.1, -0.05) is 12.5 Å². The number of hydrogen-bond acceptors (Lipinski definition) is 6. The molecular formula is C29H25FN8. The third-order valence-electron chi connectivity index (χ3n) is 7.19. The lowest BCUT2D eigenvalue weighted by Gasteiger charge is -2.26. The molecule has 8 nitrogen and oxygen atoms in total. The van der Waals surface area contributed by atoms with Gasteiger partial charge in [0.2, 0.25) is 0 Å². The van der Waals surface area contributed by atoms with Crippen LogP contribution in [0.1, 0.15) is 24.8 Å². The maximum atomic E-state index is 15.3. The normalized spacial score (nSPS) is 14.4. The third-order valence-corrected chi connectivity index (χ3v) is 7.19. The van der Waals surface area contributed by atoms with Crippen LogP contribution in [0.15, 0.2) is 67.4 Å². The van der Waals surface area contributed by atoms with Crippen LogP contribution < -0.4 is 0 Å². The number of nitrogens with one attached hydrogen (secondary N) is 2. The first-order valence-electron chi connectivity index (χ1n) is 12.8. The van der Waals surface area contributed by atoms with E-state index in [-0.39, 0.29) is 5.82 Å². The number of halogens is 1. The Labute approximate surface area is 218 Å². The largest absolute Gasteiger partial charge is 0.321 e. The van der Waals surface area contributed by atoms with Gasteiger partial charge in [0.15, 0.2) is 11.5 Å². The molecule has 0 unspecified atom stereocenters. The second-order valence-corrected chi connectivity index (χ2v) is 9.75. The number of fused-ring (bicyclic) bond motifs is 2. The van der Waals surface area contributed by atoms with Crippen LogP contribution in [0.2, 0.25) is 0 Å². The average Bonchev–Trinajstić information content (AvgIpc) is 3.57. The highest BCUT2D eigenvalue weighted by Crippen LogP contribution is 2.34. The summed E-state index contributed by atoms with van der Waals surface area (Å²) in [6.45, 7) is 3.02. The predicted octanol–water partition coefficient (Wildman–Crippen LogP) is 5.75.